The Balaban J connectivity index is 1.33. The average molecular weight is 658 g/mol. The molecule has 0 aliphatic heterocycles. The highest BCUT2D eigenvalue weighted by Gasteiger charge is 2.26. The number of hydrogen-bond acceptors (Lipinski definition) is 8. The van der Waals surface area contributed by atoms with Crippen LogP contribution in [0.25, 0.3) is 64.8 Å². The van der Waals surface area contributed by atoms with Gasteiger partial charge in [-0.3, -0.25) is 0 Å². The summed E-state index contributed by atoms with van der Waals surface area (Å²) in [6.07, 6.45) is -1.45. The maximum atomic E-state index is 12.8. The van der Waals surface area contributed by atoms with Crippen LogP contribution < -0.4 is 11.4 Å². The number of aromatic nitrogens is 5. The minimum Gasteiger partial charge on any atom is -0.443 e. The van der Waals surface area contributed by atoms with Crippen molar-refractivity contribution in [1.82, 2.24) is 23.7 Å². The molecule has 0 saturated heterocycles. The molecule has 236 valence electrons. The number of aromatic amines is 2. The Morgan fingerprint density at radius 1 is 0.652 bits per heavy atom. The monoisotopic (exact) mass is 657 g/mol. The summed E-state index contributed by atoms with van der Waals surface area (Å²) in [5.74, 6) is 0. The van der Waals surface area contributed by atoms with Crippen molar-refractivity contribution < 1.29 is 19.1 Å². The summed E-state index contributed by atoms with van der Waals surface area (Å²) in [4.78, 5) is 58.7. The minimum absolute atomic E-state index is 0.466. The van der Waals surface area contributed by atoms with Gasteiger partial charge in [-0.2, -0.15) is 9.13 Å². The van der Waals surface area contributed by atoms with Gasteiger partial charge in [0.25, 0.3) is 0 Å². The van der Waals surface area contributed by atoms with Crippen molar-refractivity contribution in [3.05, 3.63) is 68.1 Å². The van der Waals surface area contributed by atoms with Gasteiger partial charge in [0, 0.05) is 39.6 Å². The van der Waals surface area contributed by atoms with Gasteiger partial charge in [-0.15, -0.1) is 22.7 Å². The van der Waals surface area contributed by atoms with Gasteiger partial charge in [0.15, 0.2) is 0 Å². The predicted octanol–water partition coefficient (Wildman–Crippen LogP) is 7.64. The van der Waals surface area contributed by atoms with Crippen LogP contribution >= 0.6 is 22.7 Å². The molecule has 2 N–H and O–H groups in total. The van der Waals surface area contributed by atoms with Gasteiger partial charge >= 0.3 is 23.6 Å². The number of ether oxygens (including phenoxy) is 2. The zero-order valence-electron chi connectivity index (χ0n) is 26.2. The lowest BCUT2D eigenvalue weighted by atomic mass is 10.1. The standard InChI is InChI=1S/C33H31N5O6S2/c1-32(2,3)43-30(41)37-22-14-45-26(24(22)34-28(37)39)16-8-10-20-18(12-16)19-13-17(9-11-21(19)36(20)7)27-25-23(15-46-27)38(29(40)35-25)31(42)44-33(4,5)6/h8-15H,1-7H3,(H,34,39)(H,35,40). The Bertz CT molecular complexity index is 2330. The summed E-state index contributed by atoms with van der Waals surface area (Å²) in [6.45, 7) is 10.5. The van der Waals surface area contributed by atoms with Gasteiger partial charge in [-0.1, -0.05) is 12.1 Å². The zero-order chi connectivity index (χ0) is 32.9. The first-order valence-corrected chi connectivity index (χ1v) is 16.3. The number of carbonyl (C=O) groups is 2. The predicted molar refractivity (Wildman–Crippen MR) is 183 cm³/mol. The smallest absolute Gasteiger partial charge is 0.423 e. The second-order valence-corrected chi connectivity index (χ2v) is 14.9. The van der Waals surface area contributed by atoms with E-state index in [4.69, 9.17) is 9.47 Å². The van der Waals surface area contributed by atoms with Crippen molar-refractivity contribution in [2.45, 2.75) is 52.7 Å². The summed E-state index contributed by atoms with van der Waals surface area (Å²) in [5, 5.41) is 5.56. The van der Waals surface area contributed by atoms with Crippen LogP contribution in [-0.2, 0) is 16.5 Å². The van der Waals surface area contributed by atoms with E-state index >= 15 is 0 Å². The Morgan fingerprint density at radius 3 is 1.41 bits per heavy atom. The molecule has 7 rings (SSSR count). The first-order valence-electron chi connectivity index (χ1n) is 14.6. The topological polar surface area (TPSA) is 133 Å². The largest absolute Gasteiger partial charge is 0.443 e. The van der Waals surface area contributed by atoms with Crippen molar-refractivity contribution in [2.75, 3.05) is 0 Å². The molecule has 0 spiro atoms. The number of imidazole rings is 2. The first kappa shape index (κ1) is 29.8. The maximum absolute atomic E-state index is 12.8. The van der Waals surface area contributed by atoms with Gasteiger partial charge in [0.2, 0.25) is 0 Å². The molecule has 7 aromatic rings. The average Bonchev–Trinajstić information content (AvgIpc) is 3.73. The lowest BCUT2D eigenvalue weighted by molar-refractivity contribution is 0.0527. The van der Waals surface area contributed by atoms with Crippen molar-refractivity contribution >= 4 is 78.7 Å². The minimum atomic E-state index is -0.747. The van der Waals surface area contributed by atoms with Crippen molar-refractivity contribution in [3.63, 3.8) is 0 Å². The molecule has 0 aliphatic rings. The molecule has 0 fully saturated rings. The molecule has 0 radical (unpaired) electrons. The van der Waals surface area contributed by atoms with E-state index in [0.717, 1.165) is 51.8 Å². The molecule has 46 heavy (non-hydrogen) atoms. The zero-order valence-corrected chi connectivity index (χ0v) is 27.9. The molecule has 0 atom stereocenters. The molecular weight excluding hydrogens is 627 g/mol. The highest BCUT2D eigenvalue weighted by atomic mass is 32.1. The van der Waals surface area contributed by atoms with Crippen LogP contribution in [0.15, 0.2) is 56.7 Å². The fourth-order valence-electron chi connectivity index (χ4n) is 5.72. The van der Waals surface area contributed by atoms with Crippen LogP contribution in [0.5, 0.6) is 0 Å². The van der Waals surface area contributed by atoms with E-state index in [1.165, 1.54) is 22.7 Å². The Morgan fingerprint density at radius 2 is 1.04 bits per heavy atom. The highest BCUT2D eigenvalue weighted by Crippen LogP contribution is 2.40. The third-order valence-electron chi connectivity index (χ3n) is 7.58. The van der Waals surface area contributed by atoms with Crippen LogP contribution in [0, 0.1) is 0 Å². The van der Waals surface area contributed by atoms with Gasteiger partial charge in [0.1, 0.15) is 11.2 Å². The van der Waals surface area contributed by atoms with E-state index in [1.807, 2.05) is 31.3 Å². The van der Waals surface area contributed by atoms with E-state index in [2.05, 4.69) is 26.7 Å². The van der Waals surface area contributed by atoms with Crippen molar-refractivity contribution in [1.29, 1.82) is 0 Å². The number of H-pyrrole nitrogens is 2. The first-order chi connectivity index (χ1) is 21.6. The molecule has 0 unspecified atom stereocenters. The van der Waals surface area contributed by atoms with E-state index in [1.54, 1.807) is 52.3 Å². The number of carbonyl (C=O) groups excluding carboxylic acids is 2. The Hall–Kier alpha value is -4.88. The van der Waals surface area contributed by atoms with Crippen LogP contribution in [0.4, 0.5) is 9.59 Å². The summed E-state index contributed by atoms with van der Waals surface area (Å²) < 4.78 is 15.1. The quantitative estimate of drug-likeness (QED) is 0.196. The molecule has 0 saturated carbocycles. The third kappa shape index (κ3) is 4.77. The SMILES string of the molecule is Cn1c2ccc(-c3scc4c3[nH]c(=O)n4C(=O)OC(C)(C)C)cc2c2cc(-c3scc4c3[nH]c(=O)n4C(=O)OC(C)(C)C)ccc21. The number of nitrogens with one attached hydrogen (secondary N) is 2. The van der Waals surface area contributed by atoms with Crippen molar-refractivity contribution in [3.8, 4) is 20.9 Å². The van der Waals surface area contributed by atoms with Crippen LogP contribution in [0.1, 0.15) is 41.5 Å². The lowest BCUT2D eigenvalue weighted by Gasteiger charge is -2.19. The van der Waals surface area contributed by atoms with Crippen LogP contribution in [0.3, 0.4) is 0 Å². The molecular formula is C33H31N5O6S2. The molecule has 0 aliphatic carbocycles. The number of nitrogens with zero attached hydrogens (tertiary/aromatic N) is 3. The second kappa shape index (κ2) is 10.1. The van der Waals surface area contributed by atoms with E-state index in [0.29, 0.717) is 22.1 Å². The number of fused-ring (bicyclic) bond motifs is 5. The summed E-state index contributed by atoms with van der Waals surface area (Å²) >= 11 is 2.87. The van der Waals surface area contributed by atoms with E-state index in [-0.39, 0.29) is 0 Å². The third-order valence-corrected chi connectivity index (χ3v) is 9.61. The highest BCUT2D eigenvalue weighted by molar-refractivity contribution is 7.15. The fraction of sp³-hybridized carbons (Fsp3) is 0.273. The lowest BCUT2D eigenvalue weighted by Crippen LogP contribution is -2.32. The normalized spacial score (nSPS) is 12.6. The maximum Gasteiger partial charge on any atom is 0.423 e. The van der Waals surface area contributed by atoms with Gasteiger partial charge in [-0.25, -0.2) is 19.2 Å². The molecule has 0 amide bonds. The summed E-state index contributed by atoms with van der Waals surface area (Å²) in [6, 6.07) is 12.3. The van der Waals surface area contributed by atoms with E-state index in [9.17, 15) is 19.2 Å². The molecule has 13 heteroatoms. The van der Waals surface area contributed by atoms with Crippen LogP contribution in [0.2, 0.25) is 0 Å². The summed E-state index contributed by atoms with van der Waals surface area (Å²) in [5.41, 5.74) is 3.29. The van der Waals surface area contributed by atoms with E-state index < -0.39 is 34.8 Å². The molecule has 5 aromatic heterocycles. The number of benzene rings is 2. The Kier molecular flexibility index (Phi) is 6.52. The van der Waals surface area contributed by atoms with Gasteiger partial charge in [0.05, 0.1) is 31.8 Å². The fourth-order valence-corrected chi connectivity index (χ4v) is 7.69. The molecule has 2 aromatic carbocycles. The van der Waals surface area contributed by atoms with Crippen LogP contribution in [-0.4, -0.2) is 47.1 Å². The van der Waals surface area contributed by atoms with Gasteiger partial charge < -0.3 is 24.0 Å². The molecule has 5 heterocycles. The molecule has 11 nitrogen and oxygen atoms in total. The second-order valence-electron chi connectivity index (χ2n) is 13.2. The molecule has 0 bridgehead atoms. The Labute approximate surface area is 269 Å². The van der Waals surface area contributed by atoms with Gasteiger partial charge in [-0.05, 0) is 76.9 Å². The summed E-state index contributed by atoms with van der Waals surface area (Å²) in [7, 11) is 2.01. The number of aryl methyl sites for hydroxylation is 1. The van der Waals surface area contributed by atoms with Crippen molar-refractivity contribution in [2.24, 2.45) is 7.05 Å². The number of hydrogen-bond donors (Lipinski definition) is 2. The number of rotatable bonds is 2. The number of thiophene rings is 2.